The first-order chi connectivity index (χ1) is 7.88. The van der Waals surface area contributed by atoms with Crippen LogP contribution < -0.4 is 0 Å². The second kappa shape index (κ2) is 4.82. The van der Waals surface area contributed by atoms with Crippen LogP contribution in [0, 0.1) is 11.7 Å². The summed E-state index contributed by atoms with van der Waals surface area (Å²) in [6.07, 6.45) is 0. The molecule has 0 aliphatic heterocycles. The number of hydrogen-bond donors (Lipinski definition) is 3. The molecule has 1 aromatic carbocycles. The van der Waals surface area contributed by atoms with Gasteiger partial charge in [0, 0.05) is 17.5 Å². The Hall–Kier alpha value is -2.11. The van der Waals surface area contributed by atoms with Gasteiger partial charge in [-0.15, -0.1) is 0 Å². The van der Waals surface area contributed by atoms with E-state index in [1.165, 1.54) is 0 Å². The summed E-state index contributed by atoms with van der Waals surface area (Å²) >= 11 is 0. The maximum atomic E-state index is 13.5. The number of carbonyl (C=O) groups excluding carboxylic acids is 1. The zero-order valence-corrected chi connectivity index (χ0v) is 9.31. The predicted octanol–water partition coefficient (Wildman–Crippen LogP) is 1.64. The van der Waals surface area contributed by atoms with Crippen LogP contribution in [0.2, 0.25) is 0 Å². The van der Waals surface area contributed by atoms with Crippen LogP contribution in [0.25, 0.3) is 0 Å². The summed E-state index contributed by atoms with van der Waals surface area (Å²) in [7, 11) is 0. The van der Waals surface area contributed by atoms with E-state index in [-0.39, 0.29) is 5.56 Å². The molecule has 6 heteroatoms. The standard InChI is InChI=1S/C11H12FNO4/c1-5(2)11(16)10(13-17)6-3-8(14)9(15)4-7(6)12/h3-5,14-15,17H,1-2H3/b13-10-. The van der Waals surface area contributed by atoms with Crippen molar-refractivity contribution >= 4 is 11.5 Å². The quantitative estimate of drug-likeness (QED) is 0.325. The molecule has 92 valence electrons. The molecule has 0 bridgehead atoms. The SMILES string of the molecule is CC(C)C(=O)/C(=N\O)c1cc(O)c(O)cc1F. The first-order valence-corrected chi connectivity index (χ1v) is 4.86. The van der Waals surface area contributed by atoms with Crippen molar-refractivity contribution in [3.8, 4) is 11.5 Å². The zero-order chi connectivity index (χ0) is 13.2. The van der Waals surface area contributed by atoms with Gasteiger partial charge in [-0.3, -0.25) is 4.79 Å². The minimum absolute atomic E-state index is 0.360. The molecule has 0 saturated heterocycles. The van der Waals surface area contributed by atoms with E-state index in [2.05, 4.69) is 5.16 Å². The number of phenolic OH excluding ortho intramolecular Hbond substituents is 2. The third-order valence-electron chi connectivity index (χ3n) is 2.18. The minimum Gasteiger partial charge on any atom is -0.504 e. The van der Waals surface area contributed by atoms with Crippen molar-refractivity contribution < 1.29 is 24.6 Å². The molecule has 0 atom stereocenters. The highest BCUT2D eigenvalue weighted by molar-refractivity contribution is 6.46. The molecule has 0 aliphatic carbocycles. The second-order valence-corrected chi connectivity index (χ2v) is 3.79. The molecule has 17 heavy (non-hydrogen) atoms. The topological polar surface area (TPSA) is 90.1 Å². The van der Waals surface area contributed by atoms with Gasteiger partial charge in [0.15, 0.2) is 23.0 Å². The van der Waals surface area contributed by atoms with Crippen molar-refractivity contribution in [2.45, 2.75) is 13.8 Å². The molecule has 0 spiro atoms. The Labute approximate surface area is 96.8 Å². The number of halogens is 1. The van der Waals surface area contributed by atoms with Crippen LogP contribution in [0.15, 0.2) is 17.3 Å². The van der Waals surface area contributed by atoms with Crippen LogP contribution >= 0.6 is 0 Å². The molecule has 0 radical (unpaired) electrons. The molecular weight excluding hydrogens is 229 g/mol. The van der Waals surface area contributed by atoms with Gasteiger partial charge in [0.2, 0.25) is 0 Å². The number of rotatable bonds is 3. The maximum absolute atomic E-state index is 13.5. The van der Waals surface area contributed by atoms with Crippen molar-refractivity contribution in [1.29, 1.82) is 0 Å². The van der Waals surface area contributed by atoms with E-state index in [1.54, 1.807) is 13.8 Å². The van der Waals surface area contributed by atoms with E-state index >= 15 is 0 Å². The molecule has 0 amide bonds. The van der Waals surface area contributed by atoms with Gasteiger partial charge in [0.25, 0.3) is 0 Å². The smallest absolute Gasteiger partial charge is 0.187 e. The Morgan fingerprint density at radius 2 is 1.82 bits per heavy atom. The van der Waals surface area contributed by atoms with Crippen molar-refractivity contribution in [3.05, 3.63) is 23.5 Å². The lowest BCUT2D eigenvalue weighted by atomic mass is 9.98. The molecule has 5 nitrogen and oxygen atoms in total. The van der Waals surface area contributed by atoms with Gasteiger partial charge in [-0.05, 0) is 6.07 Å². The van der Waals surface area contributed by atoms with E-state index in [9.17, 15) is 14.3 Å². The van der Waals surface area contributed by atoms with Gasteiger partial charge in [-0.1, -0.05) is 19.0 Å². The molecule has 1 rings (SSSR count). The third-order valence-corrected chi connectivity index (χ3v) is 2.18. The van der Waals surface area contributed by atoms with Gasteiger partial charge in [-0.25, -0.2) is 4.39 Å². The lowest BCUT2D eigenvalue weighted by Crippen LogP contribution is -2.22. The number of carbonyl (C=O) groups is 1. The summed E-state index contributed by atoms with van der Waals surface area (Å²) in [6.45, 7) is 3.12. The van der Waals surface area contributed by atoms with Crippen LogP contribution in [0.3, 0.4) is 0 Å². The van der Waals surface area contributed by atoms with Crippen LogP contribution in [-0.4, -0.2) is 26.9 Å². The van der Waals surface area contributed by atoms with E-state index in [4.69, 9.17) is 10.3 Å². The number of nitrogens with zero attached hydrogens (tertiary/aromatic N) is 1. The number of aromatic hydroxyl groups is 2. The molecule has 3 N–H and O–H groups in total. The highest BCUT2D eigenvalue weighted by Gasteiger charge is 2.22. The van der Waals surface area contributed by atoms with E-state index in [0.29, 0.717) is 6.07 Å². The number of Topliss-reactive ketones (excluding diaryl/α,β-unsaturated/α-hetero) is 1. The van der Waals surface area contributed by atoms with Crippen molar-refractivity contribution in [2.24, 2.45) is 11.1 Å². The predicted molar refractivity (Wildman–Crippen MR) is 57.9 cm³/mol. The van der Waals surface area contributed by atoms with Crippen LogP contribution in [-0.2, 0) is 4.79 Å². The van der Waals surface area contributed by atoms with Crippen LogP contribution in [0.5, 0.6) is 11.5 Å². The summed E-state index contributed by atoms with van der Waals surface area (Å²) in [4.78, 5) is 11.6. The Morgan fingerprint density at radius 1 is 1.29 bits per heavy atom. The van der Waals surface area contributed by atoms with Gasteiger partial charge < -0.3 is 15.4 Å². The normalized spacial score (nSPS) is 11.9. The molecule has 0 aromatic heterocycles. The summed E-state index contributed by atoms with van der Waals surface area (Å²) in [5.41, 5.74) is -0.852. The maximum Gasteiger partial charge on any atom is 0.187 e. The van der Waals surface area contributed by atoms with Gasteiger partial charge >= 0.3 is 0 Å². The monoisotopic (exact) mass is 241 g/mol. The van der Waals surface area contributed by atoms with Crippen molar-refractivity contribution in [3.63, 3.8) is 0 Å². The first-order valence-electron chi connectivity index (χ1n) is 4.86. The summed E-state index contributed by atoms with van der Waals surface area (Å²) in [5.74, 6) is -3.27. The number of ketones is 1. The molecular formula is C11H12FNO4. The summed E-state index contributed by atoms with van der Waals surface area (Å²) in [5, 5.41) is 29.8. The van der Waals surface area contributed by atoms with Crippen molar-refractivity contribution in [2.75, 3.05) is 0 Å². The lowest BCUT2D eigenvalue weighted by molar-refractivity contribution is -0.115. The molecule has 0 saturated carbocycles. The Balaban J connectivity index is 3.32. The lowest BCUT2D eigenvalue weighted by Gasteiger charge is -2.08. The van der Waals surface area contributed by atoms with Gasteiger partial charge in [0.1, 0.15) is 5.82 Å². The average Bonchev–Trinajstić information content (AvgIpc) is 2.25. The Morgan fingerprint density at radius 3 is 2.29 bits per heavy atom. The molecule has 0 aliphatic rings. The Kier molecular flexibility index (Phi) is 3.67. The second-order valence-electron chi connectivity index (χ2n) is 3.79. The van der Waals surface area contributed by atoms with E-state index in [1.807, 2.05) is 0 Å². The van der Waals surface area contributed by atoms with E-state index in [0.717, 1.165) is 6.07 Å². The average molecular weight is 241 g/mol. The number of benzene rings is 1. The highest BCUT2D eigenvalue weighted by atomic mass is 19.1. The van der Waals surface area contributed by atoms with Gasteiger partial charge in [-0.2, -0.15) is 0 Å². The third kappa shape index (κ3) is 2.52. The molecule has 0 unspecified atom stereocenters. The fourth-order valence-corrected chi connectivity index (χ4v) is 1.24. The number of oxime groups is 1. The number of hydrogen-bond acceptors (Lipinski definition) is 5. The van der Waals surface area contributed by atoms with Crippen molar-refractivity contribution in [1.82, 2.24) is 0 Å². The summed E-state index contributed by atoms with van der Waals surface area (Å²) < 4.78 is 13.5. The zero-order valence-electron chi connectivity index (χ0n) is 9.31. The van der Waals surface area contributed by atoms with Gasteiger partial charge in [0.05, 0.1) is 0 Å². The van der Waals surface area contributed by atoms with Crippen LogP contribution in [0.4, 0.5) is 4.39 Å². The number of phenols is 2. The highest BCUT2D eigenvalue weighted by Crippen LogP contribution is 2.28. The molecule has 1 aromatic rings. The summed E-state index contributed by atoms with van der Waals surface area (Å²) in [6, 6.07) is 1.48. The largest absolute Gasteiger partial charge is 0.504 e. The van der Waals surface area contributed by atoms with Crippen LogP contribution in [0.1, 0.15) is 19.4 Å². The molecule has 0 heterocycles. The Bertz CT molecular complexity index is 483. The fourth-order valence-electron chi connectivity index (χ4n) is 1.24. The minimum atomic E-state index is -0.956. The fraction of sp³-hybridized carbons (Fsp3) is 0.273. The molecule has 0 fully saturated rings. The van der Waals surface area contributed by atoms with E-state index < -0.39 is 34.7 Å². The first kappa shape index (κ1) is 13.0.